The summed E-state index contributed by atoms with van der Waals surface area (Å²) >= 11 is 0. The van der Waals surface area contributed by atoms with E-state index in [-0.39, 0.29) is 0 Å². The van der Waals surface area contributed by atoms with Crippen molar-refractivity contribution in [2.75, 3.05) is 6.54 Å². The molecule has 0 aliphatic rings. The number of carbonyl (C=O) groups is 1. The van der Waals surface area contributed by atoms with Gasteiger partial charge in [-0.3, -0.25) is 4.79 Å². The summed E-state index contributed by atoms with van der Waals surface area (Å²) in [6, 6.07) is 0. The maximum Gasteiger partial charge on any atom is 0.133 e. The molecule has 88 valence electrons. The molecule has 15 heavy (non-hydrogen) atoms. The van der Waals surface area contributed by atoms with Gasteiger partial charge in [-0.1, -0.05) is 19.4 Å². The van der Waals surface area contributed by atoms with Gasteiger partial charge >= 0.3 is 0 Å². The van der Waals surface area contributed by atoms with Crippen molar-refractivity contribution in [2.45, 2.75) is 46.5 Å². The molecule has 0 aliphatic carbocycles. The summed E-state index contributed by atoms with van der Waals surface area (Å²) in [6.45, 7) is 10.7. The minimum Gasteiger partial charge on any atom is -0.330 e. The van der Waals surface area contributed by atoms with Crippen molar-refractivity contribution in [3.8, 4) is 0 Å². The minimum absolute atomic E-state index is 0.328. The van der Waals surface area contributed by atoms with Crippen LogP contribution < -0.4 is 5.73 Å². The third-order valence-corrected chi connectivity index (χ3v) is 2.49. The summed E-state index contributed by atoms with van der Waals surface area (Å²) in [5.74, 6) is 1.31. The van der Waals surface area contributed by atoms with E-state index >= 15 is 0 Å². The number of allylic oxidation sites excluding steroid dienone is 1. The van der Waals surface area contributed by atoms with Gasteiger partial charge < -0.3 is 5.73 Å². The van der Waals surface area contributed by atoms with Gasteiger partial charge in [-0.15, -0.1) is 6.58 Å². The highest BCUT2D eigenvalue weighted by atomic mass is 16.1. The summed E-state index contributed by atoms with van der Waals surface area (Å²) in [7, 11) is 0. The first-order valence-electron chi connectivity index (χ1n) is 5.81. The Morgan fingerprint density at radius 2 is 1.93 bits per heavy atom. The van der Waals surface area contributed by atoms with Gasteiger partial charge in [-0.2, -0.15) is 0 Å². The van der Waals surface area contributed by atoms with Gasteiger partial charge in [0.05, 0.1) is 0 Å². The van der Waals surface area contributed by atoms with Crippen LogP contribution in [-0.4, -0.2) is 12.3 Å². The molecule has 0 bridgehead atoms. The van der Waals surface area contributed by atoms with Crippen molar-refractivity contribution in [3.63, 3.8) is 0 Å². The van der Waals surface area contributed by atoms with E-state index in [0.29, 0.717) is 37.0 Å². The summed E-state index contributed by atoms with van der Waals surface area (Å²) < 4.78 is 0. The molecule has 0 saturated heterocycles. The Kier molecular flexibility index (Phi) is 7.31. The van der Waals surface area contributed by atoms with Crippen molar-refractivity contribution < 1.29 is 4.79 Å². The topological polar surface area (TPSA) is 43.1 Å². The Morgan fingerprint density at radius 1 is 1.33 bits per heavy atom. The first kappa shape index (κ1) is 14.4. The molecular formula is C13H25NO. The lowest BCUT2D eigenvalue weighted by atomic mass is 9.91. The number of rotatable bonds is 8. The number of Topliss-reactive ketones (excluding diaryl/α,β-unsaturated/α-hetero) is 1. The molecule has 0 radical (unpaired) electrons. The quantitative estimate of drug-likeness (QED) is 0.627. The standard InChI is InChI=1S/C13H25NO/c1-10(2)5-6-13(15)8-12(9-14)7-11(3)4/h11-12H,1,5-9,14H2,2-4H3. The molecule has 0 aromatic carbocycles. The number of hydrogen-bond acceptors (Lipinski definition) is 2. The lowest BCUT2D eigenvalue weighted by molar-refractivity contribution is -0.120. The van der Waals surface area contributed by atoms with Gasteiger partial charge in [0.1, 0.15) is 5.78 Å². The van der Waals surface area contributed by atoms with Crippen molar-refractivity contribution in [3.05, 3.63) is 12.2 Å². The molecule has 1 unspecified atom stereocenters. The van der Waals surface area contributed by atoms with Crippen LogP contribution in [0.5, 0.6) is 0 Å². The third-order valence-electron chi connectivity index (χ3n) is 2.49. The van der Waals surface area contributed by atoms with E-state index in [9.17, 15) is 4.79 Å². The van der Waals surface area contributed by atoms with Crippen LogP contribution in [0.15, 0.2) is 12.2 Å². The molecular weight excluding hydrogens is 186 g/mol. The van der Waals surface area contributed by atoms with E-state index in [1.165, 1.54) is 0 Å². The number of nitrogens with two attached hydrogens (primary N) is 1. The highest BCUT2D eigenvalue weighted by Gasteiger charge is 2.13. The van der Waals surface area contributed by atoms with Crippen LogP contribution in [0.4, 0.5) is 0 Å². The number of ketones is 1. The van der Waals surface area contributed by atoms with Crippen LogP contribution in [0.3, 0.4) is 0 Å². The summed E-state index contributed by atoms with van der Waals surface area (Å²) in [6.07, 6.45) is 3.14. The van der Waals surface area contributed by atoms with Gasteiger partial charge in [-0.25, -0.2) is 0 Å². The van der Waals surface area contributed by atoms with Crippen LogP contribution in [0.1, 0.15) is 46.5 Å². The second kappa shape index (κ2) is 7.63. The number of hydrogen-bond donors (Lipinski definition) is 1. The Bertz CT molecular complexity index is 209. The minimum atomic E-state index is 0.328. The first-order chi connectivity index (χ1) is 6.95. The SMILES string of the molecule is C=C(C)CCC(=O)CC(CN)CC(C)C. The molecule has 0 amide bonds. The Balaban J connectivity index is 3.85. The molecule has 2 N–H and O–H groups in total. The smallest absolute Gasteiger partial charge is 0.133 e. The molecule has 0 aliphatic heterocycles. The van der Waals surface area contributed by atoms with E-state index < -0.39 is 0 Å². The Hall–Kier alpha value is -0.630. The third kappa shape index (κ3) is 8.37. The van der Waals surface area contributed by atoms with Crippen LogP contribution in [0.2, 0.25) is 0 Å². The Morgan fingerprint density at radius 3 is 2.33 bits per heavy atom. The first-order valence-corrected chi connectivity index (χ1v) is 5.81. The van der Waals surface area contributed by atoms with Crippen molar-refractivity contribution in [2.24, 2.45) is 17.6 Å². The van der Waals surface area contributed by atoms with Crippen LogP contribution in [0.25, 0.3) is 0 Å². The molecule has 0 spiro atoms. The van der Waals surface area contributed by atoms with Gasteiger partial charge in [-0.05, 0) is 38.1 Å². The van der Waals surface area contributed by atoms with Crippen LogP contribution >= 0.6 is 0 Å². The molecule has 0 rings (SSSR count). The predicted octanol–water partition coefficient (Wildman–Crippen LogP) is 2.92. The highest BCUT2D eigenvalue weighted by Crippen LogP contribution is 2.16. The van der Waals surface area contributed by atoms with E-state index in [2.05, 4.69) is 20.4 Å². The Labute approximate surface area is 93.9 Å². The van der Waals surface area contributed by atoms with Gasteiger partial charge in [0.25, 0.3) is 0 Å². The normalized spacial score (nSPS) is 12.9. The van der Waals surface area contributed by atoms with E-state index in [4.69, 9.17) is 5.73 Å². The lowest BCUT2D eigenvalue weighted by Crippen LogP contribution is -2.20. The second-order valence-electron chi connectivity index (χ2n) is 4.93. The zero-order chi connectivity index (χ0) is 11.8. The van der Waals surface area contributed by atoms with Gasteiger partial charge in [0.2, 0.25) is 0 Å². The molecule has 0 fully saturated rings. The molecule has 2 nitrogen and oxygen atoms in total. The fourth-order valence-electron chi connectivity index (χ4n) is 1.71. The molecule has 2 heteroatoms. The monoisotopic (exact) mass is 211 g/mol. The van der Waals surface area contributed by atoms with E-state index in [0.717, 1.165) is 18.4 Å². The summed E-state index contributed by atoms with van der Waals surface area (Å²) in [4.78, 5) is 11.6. The largest absolute Gasteiger partial charge is 0.330 e. The van der Waals surface area contributed by atoms with Gasteiger partial charge in [0.15, 0.2) is 0 Å². The second-order valence-corrected chi connectivity index (χ2v) is 4.93. The summed E-state index contributed by atoms with van der Waals surface area (Å²) in [5, 5.41) is 0. The number of carbonyl (C=O) groups excluding carboxylic acids is 1. The lowest BCUT2D eigenvalue weighted by Gasteiger charge is -2.16. The molecule has 0 aromatic rings. The van der Waals surface area contributed by atoms with Gasteiger partial charge in [0, 0.05) is 12.8 Å². The average molecular weight is 211 g/mol. The van der Waals surface area contributed by atoms with Crippen molar-refractivity contribution in [1.82, 2.24) is 0 Å². The maximum absolute atomic E-state index is 11.6. The molecule has 0 saturated carbocycles. The summed E-state index contributed by atoms with van der Waals surface area (Å²) in [5.41, 5.74) is 6.74. The van der Waals surface area contributed by atoms with Crippen LogP contribution in [-0.2, 0) is 4.79 Å². The zero-order valence-corrected chi connectivity index (χ0v) is 10.4. The van der Waals surface area contributed by atoms with E-state index in [1.807, 2.05) is 6.92 Å². The molecule has 1 atom stereocenters. The van der Waals surface area contributed by atoms with Crippen molar-refractivity contribution >= 4 is 5.78 Å². The highest BCUT2D eigenvalue weighted by molar-refractivity contribution is 5.78. The van der Waals surface area contributed by atoms with E-state index in [1.54, 1.807) is 0 Å². The van der Waals surface area contributed by atoms with Crippen molar-refractivity contribution in [1.29, 1.82) is 0 Å². The molecule has 0 heterocycles. The average Bonchev–Trinajstić information content (AvgIpc) is 2.13. The fraction of sp³-hybridized carbons (Fsp3) is 0.769. The fourth-order valence-corrected chi connectivity index (χ4v) is 1.71. The molecule has 0 aromatic heterocycles. The maximum atomic E-state index is 11.6. The zero-order valence-electron chi connectivity index (χ0n) is 10.4. The predicted molar refractivity (Wildman–Crippen MR) is 65.7 cm³/mol. The van der Waals surface area contributed by atoms with Crippen LogP contribution in [0, 0.1) is 11.8 Å².